The Morgan fingerprint density at radius 3 is 1.72 bits per heavy atom. The van der Waals surface area contributed by atoms with Crippen LogP contribution in [0.2, 0.25) is 0 Å². The van der Waals surface area contributed by atoms with Crippen LogP contribution < -0.4 is 0 Å². The summed E-state index contributed by atoms with van der Waals surface area (Å²) in [7, 11) is 0. The normalized spacial score (nSPS) is 16.3. The molecule has 8 rings (SSSR count). The van der Waals surface area contributed by atoms with Crippen LogP contribution in [0.5, 0.6) is 0 Å². The molecule has 2 aliphatic carbocycles. The fourth-order valence-corrected chi connectivity index (χ4v) is 7.07. The molecule has 6 aromatic rings. The molecule has 3 heteroatoms. The molecule has 0 bridgehead atoms. The second-order valence-corrected chi connectivity index (χ2v) is 12.9. The molecule has 0 amide bonds. The smallest absolute Gasteiger partial charge is 0.164 e. The minimum atomic E-state index is -0.0206. The van der Waals surface area contributed by atoms with E-state index in [-0.39, 0.29) is 5.41 Å². The maximum atomic E-state index is 5.04. The molecule has 222 valence electrons. The van der Waals surface area contributed by atoms with Gasteiger partial charge in [0.15, 0.2) is 17.5 Å². The predicted octanol–water partition coefficient (Wildman–Crippen LogP) is 10.8. The average molecular weight is 594 g/mol. The molecule has 0 aliphatic heterocycles. The molecular weight excluding hydrogens is 558 g/mol. The Hall–Kier alpha value is -5.41. The standard InChI is InChI=1S/C43H35N3/c1-28-12-10-19-37-39(28)36-25-24-34(27-38(36)43(37,2)3)33-17-11-18-35(26-33)42-45-40(31-15-8-5-9-16-31)44-41(46-42)32-22-20-30(21-23-32)29-13-6-4-7-14-29/h4-11,13-28H,12H2,1-3H3. The van der Waals surface area contributed by atoms with Gasteiger partial charge in [-0.3, -0.25) is 0 Å². The first-order valence-electron chi connectivity index (χ1n) is 16.1. The Labute approximate surface area is 271 Å². The SMILES string of the molecule is CC1CC=CC2=C1c1ccc(-c3cccc(-c4nc(-c5ccccc5)nc(-c5ccc(-c6ccccc6)cc5)n4)c3)cc1C2(C)C. The van der Waals surface area contributed by atoms with Crippen molar-refractivity contribution in [1.82, 2.24) is 15.0 Å². The highest BCUT2D eigenvalue weighted by Gasteiger charge is 2.39. The van der Waals surface area contributed by atoms with E-state index in [1.165, 1.54) is 33.4 Å². The number of nitrogens with zero attached hydrogens (tertiary/aromatic N) is 3. The van der Waals surface area contributed by atoms with Crippen LogP contribution in [0, 0.1) is 5.92 Å². The van der Waals surface area contributed by atoms with E-state index in [2.05, 4.69) is 124 Å². The third-order valence-corrected chi connectivity index (χ3v) is 9.59. The Morgan fingerprint density at radius 1 is 0.522 bits per heavy atom. The van der Waals surface area contributed by atoms with Crippen molar-refractivity contribution >= 4 is 5.57 Å². The van der Waals surface area contributed by atoms with E-state index in [0.29, 0.717) is 23.4 Å². The van der Waals surface area contributed by atoms with Gasteiger partial charge in [-0.15, -0.1) is 0 Å². The van der Waals surface area contributed by atoms with Crippen LogP contribution >= 0.6 is 0 Å². The van der Waals surface area contributed by atoms with E-state index in [9.17, 15) is 0 Å². The van der Waals surface area contributed by atoms with Crippen LogP contribution in [0.3, 0.4) is 0 Å². The van der Waals surface area contributed by atoms with Gasteiger partial charge in [-0.1, -0.05) is 148 Å². The molecule has 5 aromatic carbocycles. The summed E-state index contributed by atoms with van der Waals surface area (Å²) in [4.78, 5) is 15.0. The minimum absolute atomic E-state index is 0.0206. The average Bonchev–Trinajstić information content (AvgIpc) is 3.35. The first-order chi connectivity index (χ1) is 22.5. The maximum absolute atomic E-state index is 5.04. The highest BCUT2D eigenvalue weighted by molar-refractivity contribution is 5.86. The molecule has 0 radical (unpaired) electrons. The van der Waals surface area contributed by atoms with Gasteiger partial charge < -0.3 is 0 Å². The lowest BCUT2D eigenvalue weighted by Crippen LogP contribution is -2.17. The van der Waals surface area contributed by atoms with Crippen molar-refractivity contribution < 1.29 is 0 Å². The Morgan fingerprint density at radius 2 is 1.02 bits per heavy atom. The van der Waals surface area contributed by atoms with E-state index >= 15 is 0 Å². The van der Waals surface area contributed by atoms with Gasteiger partial charge in [0.05, 0.1) is 0 Å². The van der Waals surface area contributed by atoms with Crippen LogP contribution in [0.25, 0.3) is 62.0 Å². The van der Waals surface area contributed by atoms with Gasteiger partial charge in [0.25, 0.3) is 0 Å². The van der Waals surface area contributed by atoms with Gasteiger partial charge in [-0.25, -0.2) is 15.0 Å². The molecule has 0 saturated carbocycles. The molecule has 0 fully saturated rings. The van der Waals surface area contributed by atoms with Gasteiger partial charge in [-0.2, -0.15) is 0 Å². The van der Waals surface area contributed by atoms with E-state index < -0.39 is 0 Å². The predicted molar refractivity (Wildman–Crippen MR) is 190 cm³/mol. The first kappa shape index (κ1) is 28.1. The van der Waals surface area contributed by atoms with Gasteiger partial charge in [0, 0.05) is 22.1 Å². The Kier molecular flexibility index (Phi) is 6.83. The second-order valence-electron chi connectivity index (χ2n) is 12.9. The van der Waals surface area contributed by atoms with Crippen LogP contribution in [0.1, 0.15) is 38.3 Å². The summed E-state index contributed by atoms with van der Waals surface area (Å²) in [6, 6.07) is 44.7. The lowest BCUT2D eigenvalue weighted by Gasteiger charge is -2.25. The van der Waals surface area contributed by atoms with Crippen LogP contribution in [-0.4, -0.2) is 15.0 Å². The van der Waals surface area contributed by atoms with E-state index in [0.717, 1.165) is 34.2 Å². The quantitative estimate of drug-likeness (QED) is 0.200. The summed E-state index contributed by atoms with van der Waals surface area (Å²) in [5, 5.41) is 0. The van der Waals surface area contributed by atoms with Crippen molar-refractivity contribution in [3.8, 4) is 56.4 Å². The molecule has 1 heterocycles. The molecule has 0 N–H and O–H groups in total. The summed E-state index contributed by atoms with van der Waals surface area (Å²) in [6.45, 7) is 7.08. The molecule has 1 aromatic heterocycles. The van der Waals surface area contributed by atoms with Crippen molar-refractivity contribution in [2.45, 2.75) is 32.6 Å². The van der Waals surface area contributed by atoms with E-state index in [1.54, 1.807) is 0 Å². The Bertz CT molecular complexity index is 2140. The number of benzene rings is 5. The van der Waals surface area contributed by atoms with Crippen LogP contribution in [-0.2, 0) is 5.41 Å². The molecule has 3 nitrogen and oxygen atoms in total. The molecule has 2 aliphatic rings. The number of rotatable bonds is 5. The summed E-state index contributed by atoms with van der Waals surface area (Å²) in [6.07, 6.45) is 5.80. The number of aromatic nitrogens is 3. The number of hydrogen-bond donors (Lipinski definition) is 0. The van der Waals surface area contributed by atoms with Gasteiger partial charge in [0.2, 0.25) is 0 Å². The van der Waals surface area contributed by atoms with Crippen molar-refractivity contribution in [2.24, 2.45) is 5.92 Å². The zero-order valence-electron chi connectivity index (χ0n) is 26.4. The Balaban J connectivity index is 1.20. The van der Waals surface area contributed by atoms with Crippen molar-refractivity contribution in [1.29, 1.82) is 0 Å². The van der Waals surface area contributed by atoms with Crippen LogP contribution in [0.4, 0.5) is 0 Å². The monoisotopic (exact) mass is 593 g/mol. The highest BCUT2D eigenvalue weighted by atomic mass is 15.0. The van der Waals surface area contributed by atoms with E-state index in [1.807, 2.05) is 36.4 Å². The zero-order valence-corrected chi connectivity index (χ0v) is 26.4. The topological polar surface area (TPSA) is 38.7 Å². The van der Waals surface area contributed by atoms with Gasteiger partial charge in [0.1, 0.15) is 0 Å². The van der Waals surface area contributed by atoms with Gasteiger partial charge >= 0.3 is 0 Å². The molecule has 46 heavy (non-hydrogen) atoms. The lowest BCUT2D eigenvalue weighted by molar-refractivity contribution is 0.643. The largest absolute Gasteiger partial charge is 0.208 e. The molecule has 1 atom stereocenters. The highest BCUT2D eigenvalue weighted by Crippen LogP contribution is 2.52. The number of fused-ring (bicyclic) bond motifs is 2. The van der Waals surface area contributed by atoms with Crippen molar-refractivity contribution in [3.63, 3.8) is 0 Å². The number of allylic oxidation sites excluding steroid dienone is 4. The number of hydrogen-bond acceptors (Lipinski definition) is 3. The molecular formula is C43H35N3. The molecule has 0 spiro atoms. The maximum Gasteiger partial charge on any atom is 0.164 e. The van der Waals surface area contributed by atoms with Crippen LogP contribution in [0.15, 0.2) is 145 Å². The lowest BCUT2D eigenvalue weighted by atomic mass is 9.78. The summed E-state index contributed by atoms with van der Waals surface area (Å²) in [5.74, 6) is 2.53. The fourth-order valence-electron chi connectivity index (χ4n) is 7.07. The molecule has 1 unspecified atom stereocenters. The molecule has 0 saturated heterocycles. The summed E-state index contributed by atoms with van der Waals surface area (Å²) < 4.78 is 0. The third kappa shape index (κ3) is 4.89. The minimum Gasteiger partial charge on any atom is -0.208 e. The van der Waals surface area contributed by atoms with Crippen molar-refractivity contribution in [3.05, 3.63) is 156 Å². The first-order valence-corrected chi connectivity index (χ1v) is 16.1. The van der Waals surface area contributed by atoms with Crippen molar-refractivity contribution in [2.75, 3.05) is 0 Å². The second kappa shape index (κ2) is 11.2. The summed E-state index contributed by atoms with van der Waals surface area (Å²) in [5.41, 5.74) is 13.4. The third-order valence-electron chi connectivity index (χ3n) is 9.59. The zero-order chi connectivity index (χ0) is 31.3. The fraction of sp³-hybridized carbons (Fsp3) is 0.140. The van der Waals surface area contributed by atoms with E-state index in [4.69, 9.17) is 15.0 Å². The van der Waals surface area contributed by atoms with Gasteiger partial charge in [-0.05, 0) is 69.0 Å². The summed E-state index contributed by atoms with van der Waals surface area (Å²) >= 11 is 0.